The SMILES string of the molecule is CC(=O)C(C)CCCC(=O)Nc1ccc(C)cc1. The molecule has 1 N–H and O–H groups in total. The number of ketones is 1. The van der Waals surface area contributed by atoms with Gasteiger partial charge in [0.25, 0.3) is 0 Å². The number of carbonyl (C=O) groups excluding carboxylic acids is 2. The second-order valence-electron chi connectivity index (χ2n) is 4.82. The molecule has 1 unspecified atom stereocenters. The summed E-state index contributed by atoms with van der Waals surface area (Å²) in [7, 11) is 0. The van der Waals surface area contributed by atoms with Crippen LogP contribution in [0.2, 0.25) is 0 Å². The number of Topliss-reactive ketones (excluding diaryl/α,β-unsaturated/α-hetero) is 1. The number of nitrogens with one attached hydrogen (secondary N) is 1. The Hall–Kier alpha value is -1.64. The summed E-state index contributed by atoms with van der Waals surface area (Å²) < 4.78 is 0. The highest BCUT2D eigenvalue weighted by Gasteiger charge is 2.08. The molecule has 1 aromatic rings. The molecule has 0 aromatic heterocycles. The van der Waals surface area contributed by atoms with Crippen molar-refractivity contribution in [2.24, 2.45) is 5.92 Å². The van der Waals surface area contributed by atoms with Crippen LogP contribution in [-0.4, -0.2) is 11.7 Å². The summed E-state index contributed by atoms with van der Waals surface area (Å²) in [6.07, 6.45) is 1.99. The molecule has 0 saturated carbocycles. The molecule has 1 aromatic carbocycles. The molecule has 1 amide bonds. The summed E-state index contributed by atoms with van der Waals surface area (Å²) in [5.41, 5.74) is 1.99. The van der Waals surface area contributed by atoms with E-state index in [4.69, 9.17) is 0 Å². The third-order valence-corrected chi connectivity index (χ3v) is 3.07. The zero-order chi connectivity index (χ0) is 13.5. The van der Waals surface area contributed by atoms with Crippen molar-refractivity contribution in [2.45, 2.75) is 40.0 Å². The summed E-state index contributed by atoms with van der Waals surface area (Å²) in [4.78, 5) is 22.7. The van der Waals surface area contributed by atoms with Gasteiger partial charge in [-0.1, -0.05) is 24.6 Å². The normalized spacial score (nSPS) is 11.9. The standard InChI is InChI=1S/C15H21NO2/c1-11-7-9-14(10-8-11)16-15(18)6-4-5-12(2)13(3)17/h7-10,12H,4-6H2,1-3H3,(H,16,18). The predicted octanol–water partition coefficient (Wildman–Crippen LogP) is 3.33. The molecule has 0 heterocycles. The van der Waals surface area contributed by atoms with Crippen LogP contribution in [0.15, 0.2) is 24.3 Å². The third kappa shape index (κ3) is 5.13. The van der Waals surface area contributed by atoms with E-state index in [1.165, 1.54) is 5.56 Å². The number of anilines is 1. The van der Waals surface area contributed by atoms with Gasteiger partial charge in [-0.15, -0.1) is 0 Å². The van der Waals surface area contributed by atoms with Gasteiger partial charge < -0.3 is 5.32 Å². The molecule has 0 fully saturated rings. The van der Waals surface area contributed by atoms with Gasteiger partial charge in [0.05, 0.1) is 0 Å². The van der Waals surface area contributed by atoms with Crippen molar-refractivity contribution in [1.82, 2.24) is 0 Å². The Morgan fingerprint density at radius 2 is 1.83 bits per heavy atom. The number of rotatable bonds is 6. The first-order valence-electron chi connectivity index (χ1n) is 6.36. The van der Waals surface area contributed by atoms with Crippen LogP contribution in [0.4, 0.5) is 5.69 Å². The zero-order valence-electron chi connectivity index (χ0n) is 11.3. The molecule has 98 valence electrons. The topological polar surface area (TPSA) is 46.2 Å². The van der Waals surface area contributed by atoms with Gasteiger partial charge in [0.2, 0.25) is 5.91 Å². The van der Waals surface area contributed by atoms with Gasteiger partial charge in [0.1, 0.15) is 5.78 Å². The van der Waals surface area contributed by atoms with E-state index in [0.29, 0.717) is 6.42 Å². The molecule has 3 nitrogen and oxygen atoms in total. The van der Waals surface area contributed by atoms with Gasteiger partial charge in [0, 0.05) is 18.0 Å². The quantitative estimate of drug-likeness (QED) is 0.838. The molecule has 0 bridgehead atoms. The van der Waals surface area contributed by atoms with Gasteiger partial charge in [-0.05, 0) is 38.8 Å². The first-order chi connectivity index (χ1) is 8.49. The first-order valence-corrected chi connectivity index (χ1v) is 6.36. The number of aryl methyl sites for hydroxylation is 1. The molecular weight excluding hydrogens is 226 g/mol. The van der Waals surface area contributed by atoms with E-state index in [1.54, 1.807) is 6.92 Å². The van der Waals surface area contributed by atoms with E-state index >= 15 is 0 Å². The van der Waals surface area contributed by atoms with Crippen molar-refractivity contribution in [3.05, 3.63) is 29.8 Å². The molecule has 0 aliphatic rings. The lowest BCUT2D eigenvalue weighted by Gasteiger charge is -2.08. The van der Waals surface area contributed by atoms with Crippen molar-refractivity contribution < 1.29 is 9.59 Å². The molecule has 0 aliphatic heterocycles. The van der Waals surface area contributed by atoms with Crippen LogP contribution >= 0.6 is 0 Å². The minimum absolute atomic E-state index is 0.00889. The lowest BCUT2D eigenvalue weighted by Crippen LogP contribution is -2.12. The van der Waals surface area contributed by atoms with Crippen molar-refractivity contribution in [1.29, 1.82) is 0 Å². The van der Waals surface area contributed by atoms with Crippen LogP contribution in [0, 0.1) is 12.8 Å². The molecule has 0 spiro atoms. The lowest BCUT2D eigenvalue weighted by atomic mass is 10.0. The molecule has 1 atom stereocenters. The second-order valence-corrected chi connectivity index (χ2v) is 4.82. The van der Waals surface area contributed by atoms with Crippen molar-refractivity contribution >= 4 is 17.4 Å². The third-order valence-electron chi connectivity index (χ3n) is 3.07. The fourth-order valence-electron chi connectivity index (χ4n) is 1.63. The summed E-state index contributed by atoms with van der Waals surface area (Å²) in [6.45, 7) is 5.51. The number of hydrogen-bond donors (Lipinski definition) is 1. The Morgan fingerprint density at radius 3 is 2.39 bits per heavy atom. The fraction of sp³-hybridized carbons (Fsp3) is 0.467. The van der Waals surface area contributed by atoms with E-state index in [0.717, 1.165) is 18.5 Å². The first kappa shape index (κ1) is 14.4. The number of benzene rings is 1. The van der Waals surface area contributed by atoms with Crippen LogP contribution in [0.25, 0.3) is 0 Å². The predicted molar refractivity (Wildman–Crippen MR) is 73.5 cm³/mol. The highest BCUT2D eigenvalue weighted by Crippen LogP contribution is 2.12. The van der Waals surface area contributed by atoms with Crippen molar-refractivity contribution in [3.63, 3.8) is 0 Å². The number of amides is 1. The molecule has 0 saturated heterocycles. The van der Waals surface area contributed by atoms with Gasteiger partial charge in [0.15, 0.2) is 0 Å². The smallest absolute Gasteiger partial charge is 0.224 e. The van der Waals surface area contributed by atoms with Crippen LogP contribution < -0.4 is 5.32 Å². The summed E-state index contributed by atoms with van der Waals surface area (Å²) in [6, 6.07) is 7.72. The average Bonchev–Trinajstić information content (AvgIpc) is 2.32. The molecule has 0 radical (unpaired) electrons. The summed E-state index contributed by atoms with van der Waals surface area (Å²) in [5.74, 6) is 0.251. The maximum Gasteiger partial charge on any atom is 0.224 e. The van der Waals surface area contributed by atoms with Crippen LogP contribution in [0.5, 0.6) is 0 Å². The van der Waals surface area contributed by atoms with E-state index < -0.39 is 0 Å². The lowest BCUT2D eigenvalue weighted by molar-refractivity contribution is -0.121. The van der Waals surface area contributed by atoms with Crippen molar-refractivity contribution in [3.8, 4) is 0 Å². The summed E-state index contributed by atoms with van der Waals surface area (Å²) >= 11 is 0. The van der Waals surface area contributed by atoms with Crippen LogP contribution in [-0.2, 0) is 9.59 Å². The average molecular weight is 247 g/mol. The molecule has 18 heavy (non-hydrogen) atoms. The van der Waals surface area contributed by atoms with E-state index in [-0.39, 0.29) is 17.6 Å². The Balaban J connectivity index is 2.30. The Morgan fingerprint density at radius 1 is 1.22 bits per heavy atom. The molecule has 3 heteroatoms. The Labute approximate surface area is 109 Å². The minimum Gasteiger partial charge on any atom is -0.326 e. The zero-order valence-corrected chi connectivity index (χ0v) is 11.3. The largest absolute Gasteiger partial charge is 0.326 e. The van der Waals surface area contributed by atoms with Crippen LogP contribution in [0.3, 0.4) is 0 Å². The fourth-order valence-corrected chi connectivity index (χ4v) is 1.63. The number of carbonyl (C=O) groups is 2. The minimum atomic E-state index is 0.00889. The molecular formula is C15H21NO2. The number of hydrogen-bond acceptors (Lipinski definition) is 2. The molecule has 1 rings (SSSR count). The van der Waals surface area contributed by atoms with Gasteiger partial charge in [-0.3, -0.25) is 9.59 Å². The summed E-state index contributed by atoms with van der Waals surface area (Å²) in [5, 5.41) is 2.85. The van der Waals surface area contributed by atoms with Gasteiger partial charge in [-0.25, -0.2) is 0 Å². The van der Waals surface area contributed by atoms with Gasteiger partial charge >= 0.3 is 0 Å². The highest BCUT2D eigenvalue weighted by molar-refractivity contribution is 5.90. The molecule has 0 aliphatic carbocycles. The van der Waals surface area contributed by atoms with Crippen molar-refractivity contribution in [2.75, 3.05) is 5.32 Å². The van der Waals surface area contributed by atoms with E-state index in [2.05, 4.69) is 5.32 Å². The monoisotopic (exact) mass is 247 g/mol. The van der Waals surface area contributed by atoms with Crippen LogP contribution in [0.1, 0.15) is 38.7 Å². The van der Waals surface area contributed by atoms with E-state index in [9.17, 15) is 9.59 Å². The Kier molecular flexibility index (Phi) is 5.56. The maximum absolute atomic E-state index is 11.7. The highest BCUT2D eigenvalue weighted by atomic mass is 16.1. The second kappa shape index (κ2) is 6.94. The van der Waals surface area contributed by atoms with E-state index in [1.807, 2.05) is 38.1 Å². The van der Waals surface area contributed by atoms with Gasteiger partial charge in [-0.2, -0.15) is 0 Å². The maximum atomic E-state index is 11.7. The Bertz CT molecular complexity index is 409.